The molecule has 1 rings (SSSR count). The maximum absolute atomic E-state index is 11.1. The van der Waals surface area contributed by atoms with Gasteiger partial charge in [0.15, 0.2) is 0 Å². The summed E-state index contributed by atoms with van der Waals surface area (Å²) >= 11 is 0. The fourth-order valence-electron chi connectivity index (χ4n) is 1.40. The largest absolute Gasteiger partial charge is 0.469 e. The molecule has 0 saturated heterocycles. The fourth-order valence-corrected chi connectivity index (χ4v) is 1.76. The van der Waals surface area contributed by atoms with Gasteiger partial charge in [-0.3, -0.25) is 4.52 Å². The summed E-state index contributed by atoms with van der Waals surface area (Å²) in [5, 5.41) is 0. The van der Waals surface area contributed by atoms with Gasteiger partial charge < -0.3 is 14.5 Å². The summed E-state index contributed by atoms with van der Waals surface area (Å²) in [6.07, 6.45) is 0.483. The third-order valence-electron chi connectivity index (χ3n) is 2.18. The van der Waals surface area contributed by atoms with Crippen molar-refractivity contribution in [2.45, 2.75) is 12.5 Å². The van der Waals surface area contributed by atoms with Gasteiger partial charge in [-0.05, 0) is 5.56 Å². The molecule has 0 aliphatic heterocycles. The average Bonchev–Trinajstić information content (AvgIpc) is 2.36. The summed E-state index contributed by atoms with van der Waals surface area (Å²) in [7, 11) is -4.59. The van der Waals surface area contributed by atoms with Crippen molar-refractivity contribution in [3.05, 3.63) is 48.6 Å². The van der Waals surface area contributed by atoms with E-state index in [1.54, 1.807) is 0 Å². The molecular weight excluding hydrogens is 271 g/mol. The number of rotatable bonds is 7. The molecule has 0 saturated carbocycles. The van der Waals surface area contributed by atoms with Gasteiger partial charge in [0.05, 0.1) is 6.61 Å². The van der Waals surface area contributed by atoms with E-state index < -0.39 is 26.5 Å². The standard InChI is InChI=1S/C12H15O6P/c1-2-12(13)18-11(9-17-19(14,15)16)8-10-6-4-3-5-7-10/h2-7,11H,1,8-9H2,(H2,14,15,16). The molecule has 0 amide bonds. The topological polar surface area (TPSA) is 93.1 Å². The Morgan fingerprint density at radius 1 is 1.37 bits per heavy atom. The van der Waals surface area contributed by atoms with Crippen LogP contribution in [0.15, 0.2) is 43.0 Å². The molecule has 0 aromatic heterocycles. The van der Waals surface area contributed by atoms with Gasteiger partial charge in [-0.15, -0.1) is 0 Å². The van der Waals surface area contributed by atoms with Crippen LogP contribution < -0.4 is 0 Å². The van der Waals surface area contributed by atoms with Crippen LogP contribution in [0.2, 0.25) is 0 Å². The Bertz CT molecular complexity index is 466. The molecule has 19 heavy (non-hydrogen) atoms. The van der Waals surface area contributed by atoms with Gasteiger partial charge in [0.1, 0.15) is 6.10 Å². The van der Waals surface area contributed by atoms with Crippen LogP contribution in [0, 0.1) is 0 Å². The van der Waals surface area contributed by atoms with Crippen molar-refractivity contribution >= 4 is 13.8 Å². The van der Waals surface area contributed by atoms with Crippen molar-refractivity contribution in [3.8, 4) is 0 Å². The second-order valence-electron chi connectivity index (χ2n) is 3.74. The number of ether oxygens (including phenoxy) is 1. The van der Waals surface area contributed by atoms with Crippen molar-refractivity contribution in [1.29, 1.82) is 0 Å². The van der Waals surface area contributed by atoms with E-state index in [1.807, 2.05) is 30.3 Å². The zero-order valence-electron chi connectivity index (χ0n) is 10.1. The third-order valence-corrected chi connectivity index (χ3v) is 2.67. The molecule has 0 fully saturated rings. The number of carbonyl (C=O) groups excluding carboxylic acids is 1. The number of phosphoric acid groups is 1. The highest BCUT2D eigenvalue weighted by molar-refractivity contribution is 7.46. The fraction of sp³-hybridized carbons (Fsp3) is 0.250. The average molecular weight is 286 g/mol. The lowest BCUT2D eigenvalue weighted by atomic mass is 10.1. The molecule has 1 aromatic rings. The van der Waals surface area contributed by atoms with E-state index in [1.165, 1.54) is 0 Å². The number of benzene rings is 1. The molecule has 6 nitrogen and oxygen atoms in total. The zero-order valence-corrected chi connectivity index (χ0v) is 11.0. The highest BCUT2D eigenvalue weighted by Crippen LogP contribution is 2.36. The molecule has 0 aliphatic rings. The molecule has 0 aliphatic carbocycles. The van der Waals surface area contributed by atoms with Gasteiger partial charge in [0.25, 0.3) is 0 Å². The quantitative estimate of drug-likeness (QED) is 0.447. The lowest BCUT2D eigenvalue weighted by molar-refractivity contribution is -0.144. The van der Waals surface area contributed by atoms with E-state index >= 15 is 0 Å². The van der Waals surface area contributed by atoms with Gasteiger partial charge in [-0.25, -0.2) is 9.36 Å². The Morgan fingerprint density at radius 2 is 2.00 bits per heavy atom. The summed E-state index contributed by atoms with van der Waals surface area (Å²) in [6.45, 7) is 2.87. The Kier molecular flexibility index (Phi) is 5.92. The number of hydrogen-bond acceptors (Lipinski definition) is 4. The van der Waals surface area contributed by atoms with E-state index in [9.17, 15) is 9.36 Å². The molecule has 0 radical (unpaired) electrons. The first-order valence-corrected chi connectivity index (χ1v) is 7.01. The minimum Gasteiger partial charge on any atom is -0.456 e. The highest BCUT2D eigenvalue weighted by atomic mass is 31.2. The predicted molar refractivity (Wildman–Crippen MR) is 68.2 cm³/mol. The normalized spacial score (nSPS) is 12.7. The number of phosphoric ester groups is 1. The first kappa shape index (κ1) is 15.6. The van der Waals surface area contributed by atoms with Crippen LogP contribution in [-0.4, -0.2) is 28.5 Å². The Labute approximate surface area is 110 Å². The van der Waals surface area contributed by atoms with Crippen LogP contribution in [0.3, 0.4) is 0 Å². The van der Waals surface area contributed by atoms with Crippen LogP contribution >= 0.6 is 7.82 Å². The molecule has 2 N–H and O–H groups in total. The first-order valence-electron chi connectivity index (χ1n) is 5.48. The van der Waals surface area contributed by atoms with Gasteiger partial charge in [-0.1, -0.05) is 36.9 Å². The van der Waals surface area contributed by atoms with Crippen LogP contribution in [0.25, 0.3) is 0 Å². The van der Waals surface area contributed by atoms with Gasteiger partial charge in [-0.2, -0.15) is 0 Å². The van der Waals surface area contributed by atoms with Crippen LogP contribution in [-0.2, 0) is 25.0 Å². The summed E-state index contributed by atoms with van der Waals surface area (Å²) in [5.41, 5.74) is 0.860. The molecule has 1 unspecified atom stereocenters. The van der Waals surface area contributed by atoms with E-state index in [0.717, 1.165) is 11.6 Å². The number of esters is 1. The van der Waals surface area contributed by atoms with Crippen LogP contribution in [0.1, 0.15) is 5.56 Å². The smallest absolute Gasteiger partial charge is 0.456 e. The predicted octanol–water partition coefficient (Wildman–Crippen LogP) is 1.44. The summed E-state index contributed by atoms with van der Waals surface area (Å²) in [6, 6.07) is 9.08. The summed E-state index contributed by atoms with van der Waals surface area (Å²) < 4.78 is 20.0. The van der Waals surface area contributed by atoms with E-state index in [0.29, 0.717) is 6.42 Å². The SMILES string of the molecule is C=CC(=O)OC(COP(=O)(O)O)Cc1ccccc1. The lowest BCUT2D eigenvalue weighted by Crippen LogP contribution is -2.24. The molecule has 7 heteroatoms. The summed E-state index contributed by atoms with van der Waals surface area (Å²) in [5.74, 6) is -0.671. The van der Waals surface area contributed by atoms with Crippen molar-refractivity contribution in [2.24, 2.45) is 0 Å². The molecule has 1 atom stereocenters. The molecule has 0 heterocycles. The Morgan fingerprint density at radius 3 is 2.53 bits per heavy atom. The van der Waals surface area contributed by atoms with Gasteiger partial charge >= 0.3 is 13.8 Å². The second-order valence-corrected chi connectivity index (χ2v) is 4.98. The molecule has 104 valence electrons. The zero-order chi connectivity index (χ0) is 14.3. The van der Waals surface area contributed by atoms with E-state index in [4.69, 9.17) is 14.5 Å². The number of hydrogen-bond donors (Lipinski definition) is 2. The summed E-state index contributed by atoms with van der Waals surface area (Å²) in [4.78, 5) is 28.5. The van der Waals surface area contributed by atoms with Crippen LogP contribution in [0.5, 0.6) is 0 Å². The minimum atomic E-state index is -4.59. The van der Waals surface area contributed by atoms with Crippen molar-refractivity contribution in [3.63, 3.8) is 0 Å². The molecule has 0 spiro atoms. The third kappa shape index (κ3) is 6.88. The maximum atomic E-state index is 11.1. The minimum absolute atomic E-state index is 0.292. The number of carbonyl (C=O) groups is 1. The Balaban J connectivity index is 2.66. The molecule has 1 aromatic carbocycles. The monoisotopic (exact) mass is 286 g/mol. The first-order chi connectivity index (χ1) is 8.90. The maximum Gasteiger partial charge on any atom is 0.469 e. The lowest BCUT2D eigenvalue weighted by Gasteiger charge is -2.17. The Hall–Kier alpha value is -1.46. The highest BCUT2D eigenvalue weighted by Gasteiger charge is 2.20. The van der Waals surface area contributed by atoms with Crippen LogP contribution in [0.4, 0.5) is 0 Å². The van der Waals surface area contributed by atoms with E-state index in [-0.39, 0.29) is 0 Å². The molecule has 0 bridgehead atoms. The van der Waals surface area contributed by atoms with Gasteiger partial charge in [0.2, 0.25) is 0 Å². The second kappa shape index (κ2) is 7.21. The van der Waals surface area contributed by atoms with Crippen molar-refractivity contribution < 1.29 is 28.4 Å². The van der Waals surface area contributed by atoms with E-state index in [2.05, 4.69) is 11.1 Å². The van der Waals surface area contributed by atoms with Crippen molar-refractivity contribution in [1.82, 2.24) is 0 Å². The van der Waals surface area contributed by atoms with Crippen molar-refractivity contribution in [2.75, 3.05) is 6.61 Å². The van der Waals surface area contributed by atoms with Gasteiger partial charge in [0, 0.05) is 12.5 Å². The molecular formula is C12H15O6P.